The van der Waals surface area contributed by atoms with Crippen molar-refractivity contribution < 1.29 is 23.7 Å². The van der Waals surface area contributed by atoms with Crippen LogP contribution in [0.25, 0.3) is 0 Å². The van der Waals surface area contributed by atoms with E-state index in [0.717, 1.165) is 16.7 Å². The Bertz CT molecular complexity index is 1260. The number of rotatable bonds is 13. The van der Waals surface area contributed by atoms with Gasteiger partial charge in [0.2, 0.25) is 0 Å². The predicted molar refractivity (Wildman–Crippen MR) is 150 cm³/mol. The molecular weight excluding hydrogens is 488 g/mol. The minimum Gasteiger partial charge on any atom is -0.374 e. The Balaban J connectivity index is 1.34. The second kappa shape index (κ2) is 14.0. The highest BCUT2D eigenvalue weighted by Gasteiger charge is 2.47. The third-order valence-electron chi connectivity index (χ3n) is 6.85. The molecule has 0 unspecified atom stereocenters. The van der Waals surface area contributed by atoms with E-state index in [1.807, 2.05) is 121 Å². The van der Waals surface area contributed by atoms with E-state index >= 15 is 0 Å². The Morgan fingerprint density at radius 2 is 1.00 bits per heavy atom. The standard InChI is InChI=1S/C34H34O5/c35-30(29-19-11-4-12-20-29)21-31-33(37-23-27-15-7-2-8-16-27)34(38-24-28-17-9-3-10-18-28)32(39-31)25-36-22-26-13-5-1-6-14-26/h1-20,31-34H,21-25H2/t31-,32+,33-,34+/m0/s1. The maximum absolute atomic E-state index is 13.2. The first-order valence-corrected chi connectivity index (χ1v) is 13.4. The minimum atomic E-state index is -0.465. The van der Waals surface area contributed by atoms with Crippen molar-refractivity contribution in [1.29, 1.82) is 0 Å². The molecule has 0 amide bonds. The van der Waals surface area contributed by atoms with Crippen LogP contribution in [0.2, 0.25) is 0 Å². The van der Waals surface area contributed by atoms with E-state index in [1.165, 1.54) is 0 Å². The second-order valence-corrected chi connectivity index (χ2v) is 9.73. The molecule has 200 valence electrons. The smallest absolute Gasteiger partial charge is 0.165 e. The highest BCUT2D eigenvalue weighted by Crippen LogP contribution is 2.31. The fourth-order valence-corrected chi connectivity index (χ4v) is 4.83. The number of hydrogen-bond donors (Lipinski definition) is 0. The zero-order valence-corrected chi connectivity index (χ0v) is 21.9. The molecule has 1 aliphatic rings. The van der Waals surface area contributed by atoms with Gasteiger partial charge in [-0.05, 0) is 16.7 Å². The molecule has 4 aromatic rings. The number of Topliss-reactive ketones (excluding diaryl/α,β-unsaturated/α-hetero) is 1. The lowest BCUT2D eigenvalue weighted by Crippen LogP contribution is -2.39. The normalized spacial score (nSPS) is 20.6. The van der Waals surface area contributed by atoms with Gasteiger partial charge in [-0.2, -0.15) is 0 Å². The summed E-state index contributed by atoms with van der Waals surface area (Å²) in [6.07, 6.45) is -1.49. The first-order chi connectivity index (χ1) is 19.3. The number of hydrogen-bond acceptors (Lipinski definition) is 5. The van der Waals surface area contributed by atoms with Crippen molar-refractivity contribution >= 4 is 5.78 Å². The van der Waals surface area contributed by atoms with Gasteiger partial charge in [0.05, 0.1) is 32.5 Å². The highest BCUT2D eigenvalue weighted by molar-refractivity contribution is 5.96. The summed E-state index contributed by atoms with van der Waals surface area (Å²) in [5.41, 5.74) is 3.86. The summed E-state index contributed by atoms with van der Waals surface area (Å²) >= 11 is 0. The van der Waals surface area contributed by atoms with Gasteiger partial charge in [0, 0.05) is 12.0 Å². The van der Waals surface area contributed by atoms with Gasteiger partial charge in [-0.1, -0.05) is 121 Å². The number of benzene rings is 4. The lowest BCUT2D eigenvalue weighted by molar-refractivity contribution is -0.0898. The maximum atomic E-state index is 13.2. The Labute approximate surface area is 230 Å². The van der Waals surface area contributed by atoms with Crippen molar-refractivity contribution in [1.82, 2.24) is 0 Å². The van der Waals surface area contributed by atoms with Crippen LogP contribution in [0.1, 0.15) is 33.5 Å². The number of ether oxygens (including phenoxy) is 4. The molecule has 1 saturated heterocycles. The lowest BCUT2D eigenvalue weighted by atomic mass is 9.99. The molecule has 1 fully saturated rings. The molecule has 1 aliphatic heterocycles. The van der Waals surface area contributed by atoms with Gasteiger partial charge >= 0.3 is 0 Å². The van der Waals surface area contributed by atoms with Gasteiger partial charge in [0.25, 0.3) is 0 Å². The van der Waals surface area contributed by atoms with E-state index in [9.17, 15) is 4.79 Å². The first kappa shape index (κ1) is 27.0. The van der Waals surface area contributed by atoms with E-state index in [0.29, 0.717) is 32.0 Å². The van der Waals surface area contributed by atoms with Crippen LogP contribution >= 0.6 is 0 Å². The first-order valence-electron chi connectivity index (χ1n) is 13.4. The molecule has 1 heterocycles. The highest BCUT2D eigenvalue weighted by atomic mass is 16.6. The molecule has 0 aliphatic carbocycles. The summed E-state index contributed by atoms with van der Waals surface area (Å²) < 4.78 is 25.5. The summed E-state index contributed by atoms with van der Waals surface area (Å²) in [5.74, 6) is 0.0153. The Kier molecular flexibility index (Phi) is 9.66. The summed E-state index contributed by atoms with van der Waals surface area (Å²) in [4.78, 5) is 13.2. The fourth-order valence-electron chi connectivity index (χ4n) is 4.83. The molecule has 5 rings (SSSR count). The molecule has 0 radical (unpaired) electrons. The van der Waals surface area contributed by atoms with Crippen molar-refractivity contribution in [3.8, 4) is 0 Å². The predicted octanol–water partition coefficient (Wildman–Crippen LogP) is 6.41. The fraction of sp³-hybridized carbons (Fsp3) is 0.265. The molecule has 0 saturated carbocycles. The molecule has 39 heavy (non-hydrogen) atoms. The number of carbonyl (C=O) groups is 1. The lowest BCUT2D eigenvalue weighted by Gasteiger charge is -2.25. The molecule has 4 aromatic carbocycles. The van der Waals surface area contributed by atoms with E-state index in [-0.39, 0.29) is 18.3 Å². The SMILES string of the molecule is O=C(C[C@@H]1O[C@H](COCc2ccccc2)[C@@H](OCc2ccccc2)[C@H]1OCc1ccccc1)c1ccccc1. The number of ketones is 1. The molecule has 4 atom stereocenters. The van der Waals surface area contributed by atoms with Crippen LogP contribution < -0.4 is 0 Å². The topological polar surface area (TPSA) is 54.0 Å². The quantitative estimate of drug-likeness (QED) is 0.190. The average Bonchev–Trinajstić information content (AvgIpc) is 3.32. The van der Waals surface area contributed by atoms with Crippen LogP contribution in [0.5, 0.6) is 0 Å². The third kappa shape index (κ3) is 7.71. The summed E-state index contributed by atoms with van der Waals surface area (Å²) in [6.45, 7) is 1.60. The van der Waals surface area contributed by atoms with Crippen LogP contribution in [-0.4, -0.2) is 36.8 Å². The van der Waals surface area contributed by atoms with Crippen molar-refractivity contribution in [3.05, 3.63) is 144 Å². The molecule has 0 spiro atoms. The summed E-state index contributed by atoms with van der Waals surface area (Å²) in [7, 11) is 0. The van der Waals surface area contributed by atoms with Crippen molar-refractivity contribution in [2.75, 3.05) is 6.61 Å². The zero-order chi connectivity index (χ0) is 26.7. The van der Waals surface area contributed by atoms with E-state index in [4.69, 9.17) is 18.9 Å². The molecule has 5 heteroatoms. The van der Waals surface area contributed by atoms with Crippen molar-refractivity contribution in [2.24, 2.45) is 0 Å². The molecule has 0 N–H and O–H groups in total. The van der Waals surface area contributed by atoms with Crippen LogP contribution in [-0.2, 0) is 38.8 Å². The van der Waals surface area contributed by atoms with Crippen LogP contribution in [0, 0.1) is 0 Å². The van der Waals surface area contributed by atoms with E-state index < -0.39 is 18.3 Å². The summed E-state index contributed by atoms with van der Waals surface area (Å²) in [6, 6.07) is 39.4. The average molecular weight is 523 g/mol. The maximum Gasteiger partial charge on any atom is 0.165 e. The Morgan fingerprint density at radius 3 is 1.51 bits per heavy atom. The monoisotopic (exact) mass is 522 g/mol. The van der Waals surface area contributed by atoms with Gasteiger partial charge in [-0.3, -0.25) is 4.79 Å². The molecule has 0 aromatic heterocycles. The van der Waals surface area contributed by atoms with E-state index in [1.54, 1.807) is 0 Å². The molecule has 0 bridgehead atoms. The molecular formula is C34H34O5. The van der Waals surface area contributed by atoms with Gasteiger partial charge in [-0.25, -0.2) is 0 Å². The van der Waals surface area contributed by atoms with Crippen LogP contribution in [0.3, 0.4) is 0 Å². The van der Waals surface area contributed by atoms with Crippen LogP contribution in [0.15, 0.2) is 121 Å². The largest absolute Gasteiger partial charge is 0.374 e. The van der Waals surface area contributed by atoms with Crippen molar-refractivity contribution in [2.45, 2.75) is 50.7 Å². The van der Waals surface area contributed by atoms with Crippen LogP contribution in [0.4, 0.5) is 0 Å². The molecule has 5 nitrogen and oxygen atoms in total. The van der Waals surface area contributed by atoms with E-state index in [2.05, 4.69) is 0 Å². The summed E-state index contributed by atoms with van der Waals surface area (Å²) in [5, 5.41) is 0. The number of carbonyl (C=O) groups excluding carboxylic acids is 1. The second-order valence-electron chi connectivity index (χ2n) is 9.73. The van der Waals surface area contributed by atoms with Gasteiger partial charge in [0.15, 0.2) is 5.78 Å². The van der Waals surface area contributed by atoms with Gasteiger partial charge in [-0.15, -0.1) is 0 Å². The Morgan fingerprint density at radius 1 is 0.564 bits per heavy atom. The van der Waals surface area contributed by atoms with Gasteiger partial charge < -0.3 is 18.9 Å². The zero-order valence-electron chi connectivity index (χ0n) is 21.9. The Hall–Kier alpha value is -3.61. The van der Waals surface area contributed by atoms with Crippen molar-refractivity contribution in [3.63, 3.8) is 0 Å². The van der Waals surface area contributed by atoms with Gasteiger partial charge in [0.1, 0.15) is 18.3 Å². The minimum absolute atomic E-state index is 0.0153. The third-order valence-corrected chi connectivity index (χ3v) is 6.85.